The van der Waals surface area contributed by atoms with Crippen molar-refractivity contribution in [3.05, 3.63) is 10.4 Å². The van der Waals surface area contributed by atoms with Crippen LogP contribution in [0.1, 0.15) is 13.3 Å². The second-order valence-corrected chi connectivity index (χ2v) is 2.40. The molecular formula is C5H10N4. The Morgan fingerprint density at radius 1 is 1.78 bits per heavy atom. The predicted molar refractivity (Wildman–Crippen MR) is 35.0 cm³/mol. The van der Waals surface area contributed by atoms with Gasteiger partial charge in [-0.1, -0.05) is 5.11 Å². The number of azide groups is 1. The Kier molecular flexibility index (Phi) is 1.92. The second-order valence-electron chi connectivity index (χ2n) is 2.40. The van der Waals surface area contributed by atoms with Gasteiger partial charge in [-0.2, -0.15) is 0 Å². The minimum absolute atomic E-state index is 0.185. The highest BCUT2D eigenvalue weighted by Crippen LogP contribution is 2.08. The minimum Gasteiger partial charge on any atom is -0.314 e. The van der Waals surface area contributed by atoms with Gasteiger partial charge >= 0.3 is 0 Å². The van der Waals surface area contributed by atoms with Crippen molar-refractivity contribution in [1.82, 2.24) is 5.32 Å². The molecule has 1 N–H and O–H groups in total. The first-order valence-electron chi connectivity index (χ1n) is 3.10. The van der Waals surface area contributed by atoms with E-state index in [1.54, 1.807) is 0 Å². The number of hydrogen-bond acceptors (Lipinski definition) is 2. The molecule has 1 aliphatic heterocycles. The van der Waals surface area contributed by atoms with Gasteiger partial charge in [-0.25, -0.2) is 0 Å². The van der Waals surface area contributed by atoms with E-state index in [1.807, 2.05) is 0 Å². The molecule has 0 unspecified atom stereocenters. The SMILES string of the molecule is C[C@@H]1C[C@H](N=[N+]=[N-])CN1. The molecule has 0 saturated carbocycles. The van der Waals surface area contributed by atoms with Crippen molar-refractivity contribution in [2.24, 2.45) is 5.11 Å². The zero-order valence-electron chi connectivity index (χ0n) is 5.41. The molecule has 1 heterocycles. The lowest BCUT2D eigenvalue weighted by Gasteiger charge is -1.96. The summed E-state index contributed by atoms with van der Waals surface area (Å²) in [5.74, 6) is 0. The molecule has 1 aliphatic rings. The summed E-state index contributed by atoms with van der Waals surface area (Å²) in [5.41, 5.74) is 8.04. The van der Waals surface area contributed by atoms with Crippen LogP contribution in [0.25, 0.3) is 10.4 Å². The summed E-state index contributed by atoms with van der Waals surface area (Å²) < 4.78 is 0. The van der Waals surface area contributed by atoms with Crippen LogP contribution in [0.15, 0.2) is 5.11 Å². The summed E-state index contributed by atoms with van der Waals surface area (Å²) in [7, 11) is 0. The molecule has 0 aliphatic carbocycles. The molecule has 0 aromatic carbocycles. The van der Waals surface area contributed by atoms with Crippen LogP contribution in [-0.4, -0.2) is 18.6 Å². The van der Waals surface area contributed by atoms with E-state index in [1.165, 1.54) is 0 Å². The average Bonchev–Trinajstić information content (AvgIpc) is 2.17. The fraction of sp³-hybridized carbons (Fsp3) is 1.00. The zero-order chi connectivity index (χ0) is 6.69. The molecule has 4 heteroatoms. The third-order valence-corrected chi connectivity index (χ3v) is 1.54. The van der Waals surface area contributed by atoms with Crippen molar-refractivity contribution < 1.29 is 0 Å². The van der Waals surface area contributed by atoms with E-state index in [-0.39, 0.29) is 6.04 Å². The van der Waals surface area contributed by atoms with E-state index < -0.39 is 0 Å². The van der Waals surface area contributed by atoms with E-state index in [0.717, 1.165) is 13.0 Å². The Bertz CT molecular complexity index is 138. The van der Waals surface area contributed by atoms with Gasteiger partial charge in [-0.15, -0.1) is 0 Å². The van der Waals surface area contributed by atoms with Crippen LogP contribution in [0.4, 0.5) is 0 Å². The van der Waals surface area contributed by atoms with E-state index in [2.05, 4.69) is 22.3 Å². The molecule has 0 amide bonds. The van der Waals surface area contributed by atoms with Gasteiger partial charge in [0.15, 0.2) is 0 Å². The van der Waals surface area contributed by atoms with Gasteiger partial charge < -0.3 is 5.32 Å². The van der Waals surface area contributed by atoms with E-state index in [0.29, 0.717) is 6.04 Å². The number of hydrogen-bond donors (Lipinski definition) is 1. The van der Waals surface area contributed by atoms with Gasteiger partial charge in [0.2, 0.25) is 0 Å². The Morgan fingerprint density at radius 2 is 2.56 bits per heavy atom. The van der Waals surface area contributed by atoms with E-state index in [9.17, 15) is 0 Å². The van der Waals surface area contributed by atoms with Crippen molar-refractivity contribution in [2.45, 2.75) is 25.4 Å². The molecule has 1 rings (SSSR count). The largest absolute Gasteiger partial charge is 0.314 e. The van der Waals surface area contributed by atoms with Gasteiger partial charge in [0.05, 0.1) is 6.04 Å². The smallest absolute Gasteiger partial charge is 0.0513 e. The van der Waals surface area contributed by atoms with Crippen LogP contribution in [0.5, 0.6) is 0 Å². The monoisotopic (exact) mass is 126 g/mol. The predicted octanol–water partition coefficient (Wildman–Crippen LogP) is 1.05. The van der Waals surface area contributed by atoms with Gasteiger partial charge in [0.25, 0.3) is 0 Å². The zero-order valence-corrected chi connectivity index (χ0v) is 5.41. The second kappa shape index (κ2) is 2.71. The van der Waals surface area contributed by atoms with Gasteiger partial charge in [-0.05, 0) is 18.9 Å². The molecule has 0 bridgehead atoms. The molecule has 0 aromatic rings. The van der Waals surface area contributed by atoms with Crippen molar-refractivity contribution >= 4 is 0 Å². The van der Waals surface area contributed by atoms with E-state index in [4.69, 9.17) is 5.53 Å². The van der Waals surface area contributed by atoms with Crippen LogP contribution in [0.3, 0.4) is 0 Å². The Labute approximate surface area is 53.9 Å². The topological polar surface area (TPSA) is 60.8 Å². The molecule has 0 spiro atoms. The molecule has 1 fully saturated rings. The van der Waals surface area contributed by atoms with Gasteiger partial charge in [0.1, 0.15) is 0 Å². The van der Waals surface area contributed by atoms with Crippen LogP contribution in [-0.2, 0) is 0 Å². The van der Waals surface area contributed by atoms with Crippen LogP contribution < -0.4 is 5.32 Å². The Hall–Kier alpha value is -0.730. The Balaban J connectivity index is 2.38. The lowest BCUT2D eigenvalue weighted by molar-refractivity contribution is 0.656. The fourth-order valence-electron chi connectivity index (χ4n) is 1.07. The molecule has 0 radical (unpaired) electrons. The molecular weight excluding hydrogens is 116 g/mol. The van der Waals surface area contributed by atoms with Crippen molar-refractivity contribution in [2.75, 3.05) is 6.54 Å². The first-order valence-corrected chi connectivity index (χ1v) is 3.10. The maximum absolute atomic E-state index is 8.04. The first kappa shape index (κ1) is 6.39. The molecule has 9 heavy (non-hydrogen) atoms. The summed E-state index contributed by atoms with van der Waals surface area (Å²) in [6.07, 6.45) is 0.976. The maximum atomic E-state index is 8.04. The standard InChI is InChI=1S/C5H10N4/c1-4-2-5(3-7-4)8-9-6/h4-5,7H,2-3H2,1H3/t4-,5+/m1/s1. The summed E-state index contributed by atoms with van der Waals surface area (Å²) in [6.45, 7) is 2.93. The fourth-order valence-corrected chi connectivity index (χ4v) is 1.07. The van der Waals surface area contributed by atoms with Gasteiger partial charge in [-0.3, -0.25) is 0 Å². The molecule has 2 atom stereocenters. The van der Waals surface area contributed by atoms with Crippen molar-refractivity contribution in [1.29, 1.82) is 0 Å². The Morgan fingerprint density at radius 3 is 3.00 bits per heavy atom. The summed E-state index contributed by atoms with van der Waals surface area (Å²) >= 11 is 0. The highest BCUT2D eigenvalue weighted by atomic mass is 15.2. The van der Waals surface area contributed by atoms with Crippen LogP contribution >= 0.6 is 0 Å². The third kappa shape index (κ3) is 1.59. The van der Waals surface area contributed by atoms with Gasteiger partial charge in [0, 0.05) is 17.5 Å². The maximum Gasteiger partial charge on any atom is 0.0513 e. The normalized spacial score (nSPS) is 33.9. The molecule has 0 aromatic heterocycles. The highest BCUT2D eigenvalue weighted by molar-refractivity contribution is 4.83. The highest BCUT2D eigenvalue weighted by Gasteiger charge is 2.18. The number of nitrogens with zero attached hydrogens (tertiary/aromatic N) is 3. The first-order chi connectivity index (χ1) is 4.33. The quantitative estimate of drug-likeness (QED) is 0.318. The lowest BCUT2D eigenvalue weighted by atomic mass is 10.2. The third-order valence-electron chi connectivity index (χ3n) is 1.54. The average molecular weight is 126 g/mol. The summed E-state index contributed by atoms with van der Waals surface area (Å²) in [4.78, 5) is 2.74. The van der Waals surface area contributed by atoms with E-state index >= 15 is 0 Å². The minimum atomic E-state index is 0.185. The molecule has 1 saturated heterocycles. The lowest BCUT2D eigenvalue weighted by Crippen LogP contribution is -2.17. The number of nitrogens with one attached hydrogen (secondary N) is 1. The van der Waals surface area contributed by atoms with Crippen molar-refractivity contribution in [3.8, 4) is 0 Å². The van der Waals surface area contributed by atoms with Crippen LogP contribution in [0, 0.1) is 0 Å². The van der Waals surface area contributed by atoms with Crippen LogP contribution in [0.2, 0.25) is 0 Å². The van der Waals surface area contributed by atoms with Crippen molar-refractivity contribution in [3.63, 3.8) is 0 Å². The molecule has 4 nitrogen and oxygen atoms in total. The summed E-state index contributed by atoms with van der Waals surface area (Å²) in [5, 5.41) is 6.78. The number of rotatable bonds is 1. The summed E-state index contributed by atoms with van der Waals surface area (Å²) in [6, 6.07) is 0.700. The molecule has 50 valence electrons.